The predicted octanol–water partition coefficient (Wildman–Crippen LogP) is 1.87. The van der Waals surface area contributed by atoms with Gasteiger partial charge in [0.2, 0.25) is 0 Å². The van der Waals surface area contributed by atoms with E-state index >= 15 is 0 Å². The first-order valence-electron chi connectivity index (χ1n) is 6.93. The van der Waals surface area contributed by atoms with Crippen molar-refractivity contribution in [2.45, 2.75) is 25.8 Å². The molecule has 1 fully saturated rings. The molecule has 6 heteroatoms. The van der Waals surface area contributed by atoms with Gasteiger partial charge in [-0.3, -0.25) is 4.79 Å². The van der Waals surface area contributed by atoms with E-state index in [9.17, 15) is 4.79 Å². The number of carbonyl (C=O) groups excluding carboxylic acids is 1. The van der Waals surface area contributed by atoms with Crippen molar-refractivity contribution in [1.82, 2.24) is 14.8 Å². The molecule has 1 aliphatic rings. The van der Waals surface area contributed by atoms with Crippen LogP contribution in [0, 0.1) is 0 Å². The Balaban J connectivity index is 2.23. The van der Waals surface area contributed by atoms with Gasteiger partial charge in [0, 0.05) is 25.3 Å². The van der Waals surface area contributed by atoms with E-state index in [1.165, 1.54) is 6.20 Å². The number of halogens is 1. The molecular formula is C14H21ClN4O. The minimum absolute atomic E-state index is 0.0125. The van der Waals surface area contributed by atoms with Gasteiger partial charge in [-0.15, -0.1) is 0 Å². The molecule has 1 aliphatic heterocycles. The van der Waals surface area contributed by atoms with Crippen molar-refractivity contribution in [2.75, 3.05) is 32.4 Å². The van der Waals surface area contributed by atoms with Crippen molar-refractivity contribution in [3.8, 4) is 0 Å². The number of nitrogens with zero attached hydrogens (tertiary/aromatic N) is 3. The second-order valence-electron chi connectivity index (χ2n) is 5.27. The first-order chi connectivity index (χ1) is 9.52. The second-order valence-corrected chi connectivity index (χ2v) is 5.67. The van der Waals surface area contributed by atoms with Crippen LogP contribution in [0.2, 0.25) is 5.02 Å². The number of pyridine rings is 1. The van der Waals surface area contributed by atoms with Crippen LogP contribution in [0.3, 0.4) is 0 Å². The number of anilines is 1. The zero-order chi connectivity index (χ0) is 14.7. The Morgan fingerprint density at radius 2 is 2.30 bits per heavy atom. The lowest BCUT2D eigenvalue weighted by molar-refractivity contribution is 0.0675. The average Bonchev–Trinajstić information content (AvgIpc) is 2.62. The zero-order valence-electron chi connectivity index (χ0n) is 12.0. The number of hydrogen-bond donors (Lipinski definition) is 1. The number of nitrogen functional groups attached to an aromatic ring is 1. The molecule has 1 unspecified atom stereocenters. The molecule has 1 aromatic rings. The Morgan fingerprint density at radius 3 is 2.95 bits per heavy atom. The minimum Gasteiger partial charge on any atom is -0.382 e. The summed E-state index contributed by atoms with van der Waals surface area (Å²) in [6.45, 7) is 4.79. The zero-order valence-corrected chi connectivity index (χ0v) is 12.7. The lowest BCUT2D eigenvalue weighted by Gasteiger charge is -2.30. The van der Waals surface area contributed by atoms with E-state index in [4.69, 9.17) is 17.3 Å². The number of rotatable bonds is 2. The van der Waals surface area contributed by atoms with Crippen molar-refractivity contribution in [3.63, 3.8) is 0 Å². The van der Waals surface area contributed by atoms with Crippen molar-refractivity contribution in [3.05, 3.63) is 22.8 Å². The van der Waals surface area contributed by atoms with Gasteiger partial charge in [0.05, 0.1) is 10.6 Å². The second kappa shape index (κ2) is 6.41. The fourth-order valence-electron chi connectivity index (χ4n) is 2.59. The highest BCUT2D eigenvalue weighted by atomic mass is 35.5. The summed E-state index contributed by atoms with van der Waals surface area (Å²) in [5, 5.41) is 0.329. The van der Waals surface area contributed by atoms with Crippen LogP contribution in [-0.4, -0.2) is 53.4 Å². The molecule has 0 aliphatic carbocycles. The van der Waals surface area contributed by atoms with Gasteiger partial charge in [0.25, 0.3) is 5.91 Å². The maximum absolute atomic E-state index is 12.7. The minimum atomic E-state index is -0.0125. The van der Waals surface area contributed by atoms with Crippen LogP contribution in [0.15, 0.2) is 12.3 Å². The Hall–Kier alpha value is -1.33. The van der Waals surface area contributed by atoms with Crippen LogP contribution in [0.5, 0.6) is 0 Å². The van der Waals surface area contributed by atoms with Crippen LogP contribution < -0.4 is 5.73 Å². The third-order valence-corrected chi connectivity index (χ3v) is 4.05. The number of nitrogens with two attached hydrogens (primary N) is 1. The molecule has 110 valence electrons. The molecule has 0 radical (unpaired) electrons. The Kier molecular flexibility index (Phi) is 4.83. The van der Waals surface area contributed by atoms with Crippen LogP contribution in [-0.2, 0) is 0 Å². The fourth-order valence-corrected chi connectivity index (χ4v) is 2.76. The standard InChI is InChI=1S/C14H21ClN4O/c1-3-11-9-18(2)5-4-6-19(11)14(20)10-7-12(15)13(16)17-8-10/h7-8,11H,3-6,9H2,1-2H3,(H2,16,17). The summed E-state index contributed by atoms with van der Waals surface area (Å²) < 4.78 is 0. The molecule has 1 amide bonds. The normalized spacial score (nSPS) is 20.8. The summed E-state index contributed by atoms with van der Waals surface area (Å²) >= 11 is 5.96. The Labute approximate surface area is 124 Å². The lowest BCUT2D eigenvalue weighted by Crippen LogP contribution is -2.43. The molecule has 0 saturated carbocycles. The monoisotopic (exact) mass is 296 g/mol. The van der Waals surface area contributed by atoms with E-state index in [1.54, 1.807) is 6.07 Å². The molecule has 0 spiro atoms. The number of amides is 1. The van der Waals surface area contributed by atoms with Crippen LogP contribution in [0.1, 0.15) is 30.1 Å². The van der Waals surface area contributed by atoms with Gasteiger partial charge in [0.1, 0.15) is 5.82 Å². The van der Waals surface area contributed by atoms with Crippen molar-refractivity contribution in [2.24, 2.45) is 0 Å². The highest BCUT2D eigenvalue weighted by Gasteiger charge is 2.27. The number of likely N-dealkylation sites (N-methyl/N-ethyl adjacent to an activating group) is 1. The Bertz CT molecular complexity index is 494. The summed E-state index contributed by atoms with van der Waals surface area (Å²) in [5.41, 5.74) is 6.10. The van der Waals surface area contributed by atoms with Gasteiger partial charge in [-0.25, -0.2) is 4.98 Å². The van der Waals surface area contributed by atoms with Crippen molar-refractivity contribution >= 4 is 23.3 Å². The topological polar surface area (TPSA) is 62.5 Å². The van der Waals surface area contributed by atoms with Crippen molar-refractivity contribution < 1.29 is 4.79 Å². The largest absolute Gasteiger partial charge is 0.382 e. The molecule has 1 saturated heterocycles. The molecule has 20 heavy (non-hydrogen) atoms. The molecule has 2 heterocycles. The summed E-state index contributed by atoms with van der Waals surface area (Å²) in [7, 11) is 2.10. The smallest absolute Gasteiger partial charge is 0.255 e. The summed E-state index contributed by atoms with van der Waals surface area (Å²) in [5.74, 6) is 0.243. The van der Waals surface area contributed by atoms with E-state index in [1.807, 2.05) is 4.90 Å². The van der Waals surface area contributed by atoms with E-state index in [0.29, 0.717) is 10.6 Å². The first-order valence-corrected chi connectivity index (χ1v) is 7.31. The van der Waals surface area contributed by atoms with Gasteiger partial charge in [-0.05, 0) is 32.5 Å². The lowest BCUT2D eigenvalue weighted by atomic mass is 10.1. The molecule has 2 rings (SSSR count). The molecular weight excluding hydrogens is 276 g/mol. The third kappa shape index (κ3) is 3.22. The average molecular weight is 297 g/mol. The molecule has 0 bridgehead atoms. The third-order valence-electron chi connectivity index (χ3n) is 3.75. The highest BCUT2D eigenvalue weighted by molar-refractivity contribution is 6.33. The van der Waals surface area contributed by atoms with Gasteiger partial charge >= 0.3 is 0 Å². The van der Waals surface area contributed by atoms with E-state index in [0.717, 1.165) is 32.5 Å². The molecule has 1 aromatic heterocycles. The van der Waals surface area contributed by atoms with Gasteiger partial charge < -0.3 is 15.5 Å². The number of aromatic nitrogens is 1. The number of carbonyl (C=O) groups is 1. The van der Waals surface area contributed by atoms with Crippen LogP contribution in [0.4, 0.5) is 5.82 Å². The molecule has 5 nitrogen and oxygen atoms in total. The van der Waals surface area contributed by atoms with E-state index < -0.39 is 0 Å². The van der Waals surface area contributed by atoms with Gasteiger partial charge in [-0.1, -0.05) is 18.5 Å². The predicted molar refractivity (Wildman–Crippen MR) is 80.9 cm³/mol. The molecule has 2 N–H and O–H groups in total. The summed E-state index contributed by atoms with van der Waals surface area (Å²) in [4.78, 5) is 20.8. The SMILES string of the molecule is CCC1CN(C)CCCN1C(=O)c1cnc(N)c(Cl)c1. The quantitative estimate of drug-likeness (QED) is 0.905. The molecule has 0 aromatic carbocycles. The Morgan fingerprint density at radius 1 is 1.55 bits per heavy atom. The van der Waals surface area contributed by atoms with Crippen LogP contribution >= 0.6 is 11.6 Å². The maximum atomic E-state index is 12.7. The van der Waals surface area contributed by atoms with E-state index in [-0.39, 0.29) is 17.8 Å². The van der Waals surface area contributed by atoms with Crippen LogP contribution in [0.25, 0.3) is 0 Å². The van der Waals surface area contributed by atoms with Crippen molar-refractivity contribution in [1.29, 1.82) is 0 Å². The number of hydrogen-bond acceptors (Lipinski definition) is 4. The van der Waals surface area contributed by atoms with E-state index in [2.05, 4.69) is 23.9 Å². The summed E-state index contributed by atoms with van der Waals surface area (Å²) in [6, 6.07) is 1.83. The fraction of sp³-hybridized carbons (Fsp3) is 0.571. The van der Waals surface area contributed by atoms with Gasteiger partial charge in [0.15, 0.2) is 0 Å². The van der Waals surface area contributed by atoms with Gasteiger partial charge in [-0.2, -0.15) is 0 Å². The highest BCUT2D eigenvalue weighted by Crippen LogP contribution is 2.20. The molecule has 1 atom stereocenters. The maximum Gasteiger partial charge on any atom is 0.255 e. The summed E-state index contributed by atoms with van der Waals surface area (Å²) in [6.07, 6.45) is 3.42. The first kappa shape index (κ1) is 15.1.